The van der Waals surface area contributed by atoms with Gasteiger partial charge < -0.3 is 15.5 Å². The Balaban J connectivity index is 0.000000289. The number of hydrogen-bond acceptors (Lipinski definition) is 3. The van der Waals surface area contributed by atoms with Crippen molar-refractivity contribution in [2.45, 2.75) is 45.6 Å². The molecule has 18 heavy (non-hydrogen) atoms. The van der Waals surface area contributed by atoms with Gasteiger partial charge in [-0.25, -0.2) is 0 Å². The van der Waals surface area contributed by atoms with Crippen molar-refractivity contribution in [3.8, 4) is 0 Å². The van der Waals surface area contributed by atoms with E-state index in [1.807, 2.05) is 20.9 Å². The molecule has 0 bridgehead atoms. The Labute approximate surface area is 113 Å². The Bertz CT molecular complexity index is 209. The van der Waals surface area contributed by atoms with Gasteiger partial charge in [-0.2, -0.15) is 0 Å². The first-order valence-electron chi connectivity index (χ1n) is 7.16. The van der Waals surface area contributed by atoms with Crippen molar-refractivity contribution >= 4 is 6.41 Å². The zero-order valence-corrected chi connectivity index (χ0v) is 12.8. The number of likely N-dealkylation sites (tertiary alicyclic amines) is 1. The summed E-state index contributed by atoms with van der Waals surface area (Å²) in [6, 6.07) is 0. The van der Waals surface area contributed by atoms with Crippen molar-refractivity contribution in [2.75, 3.05) is 33.7 Å². The molecule has 2 rings (SSSR count). The summed E-state index contributed by atoms with van der Waals surface area (Å²) in [5.41, 5.74) is 0.251. The molecule has 1 saturated heterocycles. The maximum absolute atomic E-state index is 9.86. The van der Waals surface area contributed by atoms with E-state index in [0.29, 0.717) is 0 Å². The fraction of sp³-hybridized carbons (Fsp3) is 0.929. The molecule has 4 heteroatoms. The highest BCUT2D eigenvalue weighted by Crippen LogP contribution is 2.33. The second-order valence-corrected chi connectivity index (χ2v) is 5.19. The smallest absolute Gasteiger partial charge is 0.207 e. The van der Waals surface area contributed by atoms with Gasteiger partial charge in [0.15, 0.2) is 0 Å². The van der Waals surface area contributed by atoms with Gasteiger partial charge in [0, 0.05) is 18.6 Å². The molecule has 0 aromatic heterocycles. The molecule has 1 aliphatic heterocycles. The van der Waals surface area contributed by atoms with E-state index in [1.54, 1.807) is 0 Å². The highest BCUT2D eigenvalue weighted by Gasteiger charge is 2.40. The van der Waals surface area contributed by atoms with Crippen molar-refractivity contribution < 1.29 is 4.79 Å². The zero-order valence-electron chi connectivity index (χ0n) is 12.8. The molecule has 108 valence electrons. The Hall–Kier alpha value is -0.610. The molecule has 0 radical (unpaired) electrons. The van der Waals surface area contributed by atoms with Crippen LogP contribution in [0.25, 0.3) is 0 Å². The summed E-state index contributed by atoms with van der Waals surface area (Å²) in [7, 11) is 4.11. The third-order valence-corrected chi connectivity index (χ3v) is 3.53. The third kappa shape index (κ3) is 6.97. The second kappa shape index (κ2) is 9.34. The molecule has 2 N–H and O–H groups in total. The van der Waals surface area contributed by atoms with Gasteiger partial charge in [-0.05, 0) is 45.8 Å². The lowest BCUT2D eigenvalue weighted by atomic mass is 10.2. The minimum atomic E-state index is 0.251. The molecule has 1 atom stereocenters. The fourth-order valence-corrected chi connectivity index (χ4v) is 2.06. The molecule has 1 amide bonds. The van der Waals surface area contributed by atoms with Gasteiger partial charge >= 0.3 is 0 Å². The minimum Gasteiger partial charge on any atom is -0.357 e. The summed E-state index contributed by atoms with van der Waals surface area (Å²) in [4.78, 5) is 12.2. The molecule has 1 heterocycles. The summed E-state index contributed by atoms with van der Waals surface area (Å²) in [5.74, 6) is 0.949. The zero-order chi connectivity index (χ0) is 14.0. The lowest BCUT2D eigenvalue weighted by molar-refractivity contribution is -0.109. The molecule has 0 aromatic carbocycles. The van der Waals surface area contributed by atoms with Crippen molar-refractivity contribution in [1.82, 2.24) is 15.5 Å². The van der Waals surface area contributed by atoms with Gasteiger partial charge in [0.2, 0.25) is 6.41 Å². The number of likely N-dealkylation sites (N-methyl/N-ethyl adjacent to an activating group) is 1. The number of carbonyl (C=O) groups excluding carboxylic acids is 1. The van der Waals surface area contributed by atoms with Gasteiger partial charge in [-0.1, -0.05) is 20.8 Å². The summed E-state index contributed by atoms with van der Waals surface area (Å²) in [5, 5.41) is 5.82. The van der Waals surface area contributed by atoms with E-state index in [4.69, 9.17) is 0 Å². The molecule has 4 nitrogen and oxygen atoms in total. The first-order chi connectivity index (χ1) is 8.62. The molecular formula is C14H31N3O. The van der Waals surface area contributed by atoms with Crippen molar-refractivity contribution in [2.24, 2.45) is 5.92 Å². The first-order valence-corrected chi connectivity index (χ1v) is 7.16. The Morgan fingerprint density at radius 1 is 1.39 bits per heavy atom. The lowest BCUT2D eigenvalue weighted by Crippen LogP contribution is -2.38. The van der Waals surface area contributed by atoms with Crippen LogP contribution in [0.5, 0.6) is 0 Å². The third-order valence-electron chi connectivity index (χ3n) is 3.53. The largest absolute Gasteiger partial charge is 0.357 e. The van der Waals surface area contributed by atoms with Crippen LogP contribution in [0.2, 0.25) is 0 Å². The summed E-state index contributed by atoms with van der Waals surface area (Å²) < 4.78 is 0. The number of carbonyl (C=O) groups is 1. The van der Waals surface area contributed by atoms with Gasteiger partial charge in [-0.3, -0.25) is 4.79 Å². The molecule has 1 saturated carbocycles. The van der Waals surface area contributed by atoms with Crippen LogP contribution < -0.4 is 10.6 Å². The quantitative estimate of drug-likeness (QED) is 0.750. The van der Waals surface area contributed by atoms with Gasteiger partial charge in [0.05, 0.1) is 0 Å². The van der Waals surface area contributed by atoms with E-state index in [2.05, 4.69) is 29.5 Å². The van der Waals surface area contributed by atoms with Crippen LogP contribution in [0, 0.1) is 5.92 Å². The van der Waals surface area contributed by atoms with Crippen LogP contribution in [0.1, 0.15) is 40.0 Å². The van der Waals surface area contributed by atoms with E-state index < -0.39 is 0 Å². The van der Waals surface area contributed by atoms with Crippen LogP contribution in [-0.4, -0.2) is 50.6 Å². The molecule has 0 spiro atoms. The Morgan fingerprint density at radius 3 is 2.22 bits per heavy atom. The maximum Gasteiger partial charge on any atom is 0.207 e. The van der Waals surface area contributed by atoms with Crippen LogP contribution >= 0.6 is 0 Å². The van der Waals surface area contributed by atoms with E-state index in [1.165, 1.54) is 32.4 Å². The lowest BCUT2D eigenvalue weighted by Gasteiger charge is -2.11. The standard InChI is InChI=1S/C6H12N2O.C6H13N.C2H6/c1-7-6(2-3-6)4-8-5-9;1-6-3-4-7(2)5-6;1-2/h5,7H,2-4H2,1H3,(H,8,9);6H,3-5H2,1-2H3;1-2H3. The SMILES string of the molecule is CC.CC1CCN(C)C1.CNC1(CNC=O)CC1. The van der Waals surface area contributed by atoms with E-state index in [9.17, 15) is 4.79 Å². The predicted molar refractivity (Wildman–Crippen MR) is 77.7 cm³/mol. The average Bonchev–Trinajstić information content (AvgIpc) is 3.09. The fourth-order valence-electron chi connectivity index (χ4n) is 2.06. The van der Waals surface area contributed by atoms with Crippen LogP contribution in [0.3, 0.4) is 0 Å². The Morgan fingerprint density at radius 2 is 2.00 bits per heavy atom. The molecule has 1 aliphatic carbocycles. The number of nitrogens with zero attached hydrogens (tertiary/aromatic N) is 1. The van der Waals surface area contributed by atoms with E-state index in [0.717, 1.165) is 18.9 Å². The number of hydrogen-bond donors (Lipinski definition) is 2. The molecule has 0 aromatic rings. The van der Waals surface area contributed by atoms with Crippen molar-refractivity contribution in [3.63, 3.8) is 0 Å². The molecular weight excluding hydrogens is 226 g/mol. The second-order valence-electron chi connectivity index (χ2n) is 5.19. The van der Waals surface area contributed by atoms with Crippen LogP contribution in [-0.2, 0) is 4.79 Å². The molecule has 1 unspecified atom stereocenters. The van der Waals surface area contributed by atoms with Gasteiger partial charge in [0.1, 0.15) is 0 Å². The number of nitrogens with one attached hydrogen (secondary N) is 2. The average molecular weight is 257 g/mol. The number of rotatable bonds is 4. The van der Waals surface area contributed by atoms with Crippen molar-refractivity contribution in [1.29, 1.82) is 0 Å². The maximum atomic E-state index is 9.86. The topological polar surface area (TPSA) is 44.4 Å². The molecule has 2 aliphatic rings. The van der Waals surface area contributed by atoms with Crippen LogP contribution in [0.15, 0.2) is 0 Å². The monoisotopic (exact) mass is 257 g/mol. The van der Waals surface area contributed by atoms with E-state index in [-0.39, 0.29) is 5.54 Å². The predicted octanol–water partition coefficient (Wildman–Crippen LogP) is 1.47. The van der Waals surface area contributed by atoms with Crippen LogP contribution in [0.4, 0.5) is 0 Å². The summed E-state index contributed by atoms with van der Waals surface area (Å²) in [6.45, 7) is 9.69. The summed E-state index contributed by atoms with van der Waals surface area (Å²) >= 11 is 0. The van der Waals surface area contributed by atoms with Gasteiger partial charge in [0.25, 0.3) is 0 Å². The first kappa shape index (κ1) is 17.4. The summed E-state index contributed by atoms with van der Waals surface area (Å²) in [6.07, 6.45) is 4.52. The highest BCUT2D eigenvalue weighted by molar-refractivity contribution is 5.46. The highest BCUT2D eigenvalue weighted by atomic mass is 16.1. The minimum absolute atomic E-state index is 0.251. The van der Waals surface area contributed by atoms with Crippen molar-refractivity contribution in [3.05, 3.63) is 0 Å². The normalized spacial score (nSPS) is 24.2. The number of amides is 1. The molecule has 2 fully saturated rings. The van der Waals surface area contributed by atoms with Gasteiger partial charge in [-0.15, -0.1) is 0 Å². The van der Waals surface area contributed by atoms with E-state index >= 15 is 0 Å². The Kier molecular flexibility index (Phi) is 9.02.